The molecule has 0 saturated heterocycles. The number of rotatable bonds is 8. The summed E-state index contributed by atoms with van der Waals surface area (Å²) in [6.45, 7) is -0.00915. The van der Waals surface area contributed by atoms with E-state index in [1.807, 2.05) is 0 Å². The predicted molar refractivity (Wildman–Crippen MR) is 125 cm³/mol. The SMILES string of the molecule is COc1ccc([N+](=O)[O-])cc1NS(=O)(=O)c1ccc(C(=O)OCc2ccc(Cl)cc2Br)cc1. The van der Waals surface area contributed by atoms with Crippen molar-refractivity contribution in [2.45, 2.75) is 11.5 Å². The Morgan fingerprint density at radius 2 is 1.82 bits per heavy atom. The number of ether oxygens (including phenoxy) is 2. The number of esters is 1. The van der Waals surface area contributed by atoms with Crippen LogP contribution in [0.4, 0.5) is 11.4 Å². The van der Waals surface area contributed by atoms with Crippen molar-refractivity contribution in [1.29, 1.82) is 0 Å². The molecule has 0 unspecified atom stereocenters. The number of benzene rings is 3. The first-order chi connectivity index (χ1) is 15.6. The predicted octanol–water partition coefficient (Wildman–Crippen LogP) is 5.18. The van der Waals surface area contributed by atoms with Gasteiger partial charge in [0.1, 0.15) is 12.4 Å². The number of hydrogen-bond donors (Lipinski definition) is 1. The summed E-state index contributed by atoms with van der Waals surface area (Å²) in [5.41, 5.74) is 0.455. The fourth-order valence-electron chi connectivity index (χ4n) is 2.73. The molecule has 0 bridgehead atoms. The average molecular weight is 556 g/mol. The summed E-state index contributed by atoms with van der Waals surface area (Å²) in [4.78, 5) is 22.5. The van der Waals surface area contributed by atoms with Gasteiger partial charge in [-0.1, -0.05) is 33.6 Å². The van der Waals surface area contributed by atoms with E-state index in [1.165, 1.54) is 43.5 Å². The van der Waals surface area contributed by atoms with Crippen LogP contribution in [0.15, 0.2) is 70.0 Å². The molecule has 33 heavy (non-hydrogen) atoms. The first-order valence-corrected chi connectivity index (χ1v) is 11.8. The maximum atomic E-state index is 12.7. The summed E-state index contributed by atoms with van der Waals surface area (Å²) in [7, 11) is -2.81. The molecule has 3 aromatic rings. The van der Waals surface area contributed by atoms with Gasteiger partial charge >= 0.3 is 5.97 Å². The van der Waals surface area contributed by atoms with Gasteiger partial charge in [0.25, 0.3) is 15.7 Å². The molecule has 0 aromatic heterocycles. The molecule has 3 rings (SSSR count). The van der Waals surface area contributed by atoms with Gasteiger partial charge in [-0.25, -0.2) is 13.2 Å². The number of halogens is 2. The van der Waals surface area contributed by atoms with Crippen molar-refractivity contribution in [3.63, 3.8) is 0 Å². The zero-order valence-electron chi connectivity index (χ0n) is 16.9. The minimum absolute atomic E-state index is 0.00915. The third kappa shape index (κ3) is 6.01. The smallest absolute Gasteiger partial charge is 0.338 e. The summed E-state index contributed by atoms with van der Waals surface area (Å²) in [5, 5.41) is 11.5. The lowest BCUT2D eigenvalue weighted by Gasteiger charge is -2.12. The molecule has 0 spiro atoms. The van der Waals surface area contributed by atoms with E-state index < -0.39 is 20.9 Å². The van der Waals surface area contributed by atoms with Crippen LogP contribution in [-0.2, 0) is 21.4 Å². The maximum absolute atomic E-state index is 12.7. The molecule has 0 aliphatic rings. The highest BCUT2D eigenvalue weighted by atomic mass is 79.9. The van der Waals surface area contributed by atoms with Gasteiger partial charge in [0.05, 0.1) is 28.2 Å². The minimum Gasteiger partial charge on any atom is -0.495 e. The van der Waals surface area contributed by atoms with Crippen molar-refractivity contribution in [3.05, 3.63) is 91.4 Å². The van der Waals surface area contributed by atoms with Gasteiger partial charge in [-0.05, 0) is 42.5 Å². The van der Waals surface area contributed by atoms with Crippen molar-refractivity contribution >= 4 is 54.9 Å². The Labute approximate surface area is 202 Å². The van der Waals surface area contributed by atoms with E-state index in [0.29, 0.717) is 15.1 Å². The van der Waals surface area contributed by atoms with Gasteiger partial charge < -0.3 is 9.47 Å². The summed E-state index contributed by atoms with van der Waals surface area (Å²) < 4.78 is 38.8. The number of carbonyl (C=O) groups is 1. The minimum atomic E-state index is -4.12. The molecule has 12 heteroatoms. The van der Waals surface area contributed by atoms with Crippen molar-refractivity contribution in [2.75, 3.05) is 11.8 Å². The van der Waals surface area contributed by atoms with Gasteiger partial charge in [0, 0.05) is 27.2 Å². The maximum Gasteiger partial charge on any atom is 0.338 e. The zero-order valence-corrected chi connectivity index (χ0v) is 20.1. The highest BCUT2D eigenvalue weighted by Crippen LogP contribution is 2.31. The number of nitro groups is 1. The summed E-state index contributed by atoms with van der Waals surface area (Å²) in [6.07, 6.45) is 0. The second-order valence-corrected chi connectivity index (χ2v) is 9.56. The van der Waals surface area contributed by atoms with Gasteiger partial charge in [0.15, 0.2) is 0 Å². The number of hydrogen-bond acceptors (Lipinski definition) is 7. The molecule has 9 nitrogen and oxygen atoms in total. The standard InChI is InChI=1S/C21H16BrClN2O7S/c1-31-20-9-6-16(25(27)28)11-19(20)24-33(29,30)17-7-3-13(4-8-17)21(26)32-12-14-2-5-15(23)10-18(14)22/h2-11,24H,12H2,1H3. The average Bonchev–Trinajstić information content (AvgIpc) is 2.78. The summed E-state index contributed by atoms with van der Waals surface area (Å²) >= 11 is 9.23. The molecule has 0 aliphatic carbocycles. The Morgan fingerprint density at radius 3 is 2.42 bits per heavy atom. The lowest BCUT2D eigenvalue weighted by atomic mass is 10.2. The molecule has 3 aromatic carbocycles. The van der Waals surface area contributed by atoms with Crippen LogP contribution in [0.1, 0.15) is 15.9 Å². The van der Waals surface area contributed by atoms with Gasteiger partial charge in [-0.3, -0.25) is 14.8 Å². The van der Waals surface area contributed by atoms with Crippen LogP contribution in [0.3, 0.4) is 0 Å². The van der Waals surface area contributed by atoms with Crippen LogP contribution in [-0.4, -0.2) is 26.4 Å². The Hall–Kier alpha value is -3.15. The lowest BCUT2D eigenvalue weighted by molar-refractivity contribution is -0.384. The molecule has 0 atom stereocenters. The Kier molecular flexibility index (Phi) is 7.57. The molecule has 0 fully saturated rings. The van der Waals surface area contributed by atoms with Crippen LogP contribution >= 0.6 is 27.5 Å². The number of nitro benzene ring substituents is 1. The fourth-order valence-corrected chi connectivity index (χ4v) is 4.59. The summed E-state index contributed by atoms with van der Waals surface area (Å²) in [6, 6.07) is 13.6. The van der Waals surface area contributed by atoms with Crippen molar-refractivity contribution in [2.24, 2.45) is 0 Å². The third-order valence-electron chi connectivity index (χ3n) is 4.41. The zero-order chi connectivity index (χ0) is 24.2. The molecule has 172 valence electrons. The van der Waals surface area contributed by atoms with E-state index in [-0.39, 0.29) is 34.2 Å². The monoisotopic (exact) mass is 554 g/mol. The van der Waals surface area contributed by atoms with Gasteiger partial charge in [-0.15, -0.1) is 0 Å². The van der Waals surface area contributed by atoms with E-state index in [9.17, 15) is 23.3 Å². The van der Waals surface area contributed by atoms with Crippen LogP contribution in [0.25, 0.3) is 0 Å². The summed E-state index contributed by atoms with van der Waals surface area (Å²) in [5.74, 6) is -0.535. The van der Waals surface area contributed by atoms with Crippen molar-refractivity contribution in [3.8, 4) is 5.75 Å². The number of carbonyl (C=O) groups excluding carboxylic acids is 1. The Balaban J connectivity index is 1.74. The quantitative estimate of drug-likeness (QED) is 0.231. The molecule has 0 heterocycles. The second kappa shape index (κ2) is 10.2. The lowest BCUT2D eigenvalue weighted by Crippen LogP contribution is -2.14. The Bertz CT molecular complexity index is 1310. The Morgan fingerprint density at radius 1 is 1.12 bits per heavy atom. The number of sulfonamides is 1. The van der Waals surface area contributed by atoms with Crippen LogP contribution in [0.2, 0.25) is 5.02 Å². The largest absolute Gasteiger partial charge is 0.495 e. The van der Waals surface area contributed by atoms with E-state index in [0.717, 1.165) is 6.07 Å². The number of nitrogens with zero attached hydrogens (tertiary/aromatic N) is 1. The molecule has 0 radical (unpaired) electrons. The number of nitrogens with one attached hydrogen (secondary N) is 1. The molecule has 0 aliphatic heterocycles. The van der Waals surface area contributed by atoms with E-state index >= 15 is 0 Å². The van der Waals surface area contributed by atoms with Crippen LogP contribution < -0.4 is 9.46 Å². The van der Waals surface area contributed by atoms with E-state index in [4.69, 9.17) is 21.1 Å². The molecule has 1 N–H and O–H groups in total. The number of anilines is 1. The van der Waals surface area contributed by atoms with Crippen molar-refractivity contribution < 1.29 is 27.6 Å². The third-order valence-corrected chi connectivity index (χ3v) is 6.77. The van der Waals surface area contributed by atoms with Crippen LogP contribution in [0, 0.1) is 10.1 Å². The van der Waals surface area contributed by atoms with Crippen molar-refractivity contribution in [1.82, 2.24) is 0 Å². The second-order valence-electron chi connectivity index (χ2n) is 6.58. The van der Waals surface area contributed by atoms with Gasteiger partial charge in [0.2, 0.25) is 0 Å². The number of methoxy groups -OCH3 is 1. The highest BCUT2D eigenvalue weighted by Gasteiger charge is 2.20. The highest BCUT2D eigenvalue weighted by molar-refractivity contribution is 9.10. The molecular formula is C21H16BrClN2O7S. The normalized spacial score (nSPS) is 11.0. The first kappa shape index (κ1) is 24.5. The molecule has 0 saturated carbocycles. The topological polar surface area (TPSA) is 125 Å². The molecule has 0 amide bonds. The van der Waals surface area contributed by atoms with Gasteiger partial charge in [-0.2, -0.15) is 0 Å². The first-order valence-electron chi connectivity index (χ1n) is 9.17. The number of non-ortho nitro benzene ring substituents is 1. The fraction of sp³-hybridized carbons (Fsp3) is 0.0952. The van der Waals surface area contributed by atoms with Crippen LogP contribution in [0.5, 0.6) is 5.75 Å². The van der Waals surface area contributed by atoms with E-state index in [1.54, 1.807) is 18.2 Å². The van der Waals surface area contributed by atoms with E-state index in [2.05, 4.69) is 20.7 Å². The molecular weight excluding hydrogens is 540 g/mol.